The quantitative estimate of drug-likeness (QED) is 0.133. The van der Waals surface area contributed by atoms with Crippen LogP contribution >= 0.6 is 0 Å². The molecule has 4 aromatic rings. The first kappa shape index (κ1) is 54.7. The number of hydrogen-bond donors (Lipinski definition) is 3. The van der Waals surface area contributed by atoms with Crippen molar-refractivity contribution in [2.45, 2.75) is 91.1 Å². The second-order valence-electron chi connectivity index (χ2n) is 21.3. The highest BCUT2D eigenvalue weighted by Crippen LogP contribution is 2.40. The normalized spacial score (nSPS) is 20.3. The van der Waals surface area contributed by atoms with E-state index in [0.29, 0.717) is 52.0 Å². The van der Waals surface area contributed by atoms with Crippen LogP contribution in [0.25, 0.3) is 0 Å². The van der Waals surface area contributed by atoms with Crippen LogP contribution in [0.3, 0.4) is 0 Å². The van der Waals surface area contributed by atoms with Gasteiger partial charge in [-0.15, -0.1) is 0 Å². The van der Waals surface area contributed by atoms with Crippen LogP contribution in [-0.2, 0) is 64.3 Å². The fourth-order valence-electron chi connectivity index (χ4n) is 9.68. The summed E-state index contributed by atoms with van der Waals surface area (Å²) in [5, 5.41) is 17.5. The van der Waals surface area contributed by atoms with Gasteiger partial charge in [0.25, 0.3) is 11.8 Å². The molecule has 4 heterocycles. The first-order chi connectivity index (χ1) is 35.2. The number of fused-ring (bicyclic) bond motifs is 2. The summed E-state index contributed by atoms with van der Waals surface area (Å²) in [6, 6.07) is 37.0. The summed E-state index contributed by atoms with van der Waals surface area (Å²) in [4.78, 5) is 83.4. The van der Waals surface area contributed by atoms with Gasteiger partial charge in [-0.25, -0.2) is 10.0 Å². The van der Waals surface area contributed by atoms with Gasteiger partial charge in [-0.05, 0) is 48.9 Å². The third-order valence-corrected chi connectivity index (χ3v) is 13.8. The molecule has 0 saturated carbocycles. The number of piperidine rings is 2. The fraction of sp³-hybridized carbons (Fsp3) is 0.439. The molecule has 6 amide bonds. The van der Waals surface area contributed by atoms with Crippen LogP contribution in [0.15, 0.2) is 132 Å². The molecule has 0 aromatic heterocycles. The van der Waals surface area contributed by atoms with E-state index < -0.39 is 39.8 Å². The van der Waals surface area contributed by atoms with Crippen molar-refractivity contribution in [2.24, 2.45) is 32.2 Å². The Morgan fingerprint density at radius 1 is 0.568 bits per heavy atom. The van der Waals surface area contributed by atoms with Gasteiger partial charge in [0, 0.05) is 58.5 Å². The molecule has 2 fully saturated rings. The zero-order valence-electron chi connectivity index (χ0n) is 43.7. The van der Waals surface area contributed by atoms with E-state index >= 15 is 0 Å². The van der Waals surface area contributed by atoms with Crippen molar-refractivity contribution in [1.29, 1.82) is 0 Å². The molecule has 4 aliphatic rings. The third kappa shape index (κ3) is 13.0. The number of nitrogens with two attached hydrogens (primary N) is 1. The molecule has 4 aromatic carbocycles. The smallest absolute Gasteiger partial charge is 0.256 e. The first-order valence-electron chi connectivity index (χ1n) is 25.2. The van der Waals surface area contributed by atoms with Gasteiger partial charge < -0.3 is 35.6 Å². The Hall–Kier alpha value is -7.08. The number of carbonyl (C=O) groups excluding carboxylic acids is 6. The molecule has 4 aliphatic heterocycles. The van der Waals surface area contributed by atoms with Crippen LogP contribution in [-0.4, -0.2) is 138 Å². The summed E-state index contributed by atoms with van der Waals surface area (Å²) in [7, 11) is 3.31. The molecule has 2 saturated heterocycles. The van der Waals surface area contributed by atoms with Crippen LogP contribution in [0.5, 0.6) is 0 Å². The summed E-state index contributed by atoms with van der Waals surface area (Å²) in [6.45, 7) is 10.4. The number of hydrazone groups is 2. The predicted octanol–water partition coefficient (Wildman–Crippen LogP) is 4.74. The van der Waals surface area contributed by atoms with Gasteiger partial charge in [0.1, 0.15) is 22.9 Å². The standard InChI is InChI=1S/C29H36N4O4.C28H35N5O4/c1-28(2,3)26(35)30-23(19-37-18-22-13-9-6-10-14-22)25(34)33-16-15-24-29(20-33,27(36)32(4)31-24)17-21-11-7-5-8-12-21;1-27(2,29)25(35)30-22(18-37-17-21-12-8-5-9-13-21)24(34)33-15-14-23-28(19-33,26(36)32(3)31-23)16-20-10-6-4-7-11-20/h5-14,23H,15-20H2,1-4H3,(H,30,35);4-13,22H,14-19,29H2,1-3H3,(H,30,35)/t23-,29-;22-,28-/m11/s1. The van der Waals surface area contributed by atoms with Crippen LogP contribution in [0.1, 0.15) is 69.7 Å². The number of nitrogens with zero attached hydrogens (tertiary/aromatic N) is 6. The van der Waals surface area contributed by atoms with Crippen LogP contribution in [0.4, 0.5) is 0 Å². The zero-order valence-corrected chi connectivity index (χ0v) is 43.7. The summed E-state index contributed by atoms with van der Waals surface area (Å²) in [5.41, 5.74) is 7.86. The van der Waals surface area contributed by atoms with E-state index in [1.807, 2.05) is 121 Å². The number of benzene rings is 4. The van der Waals surface area contributed by atoms with Crippen molar-refractivity contribution in [1.82, 2.24) is 30.5 Å². The summed E-state index contributed by atoms with van der Waals surface area (Å²) in [6.07, 6.45) is 1.88. The van der Waals surface area contributed by atoms with Crippen molar-refractivity contribution < 1.29 is 38.2 Å². The largest absolute Gasteiger partial charge is 0.374 e. The van der Waals surface area contributed by atoms with Gasteiger partial charge in [-0.1, -0.05) is 142 Å². The Labute approximate surface area is 434 Å². The van der Waals surface area contributed by atoms with E-state index in [2.05, 4.69) is 20.8 Å². The van der Waals surface area contributed by atoms with Gasteiger partial charge >= 0.3 is 0 Å². The molecule has 8 rings (SSSR count). The maximum absolute atomic E-state index is 13.8. The number of hydrogen-bond acceptors (Lipinski definition) is 11. The SMILES string of the molecule is CN1N=C2CCN(C(=O)[C@@H](COCc3ccccc3)NC(=O)C(C)(C)C)C[C@@]2(Cc2ccccc2)C1=O.CN1N=C2CCN(C(=O)[C@@H](COCc3ccccc3)NC(=O)C(C)(C)N)C[C@@]2(Cc2ccccc2)C1=O. The molecule has 0 bridgehead atoms. The highest BCUT2D eigenvalue weighted by atomic mass is 16.5. The number of carbonyl (C=O) groups is 6. The third-order valence-electron chi connectivity index (χ3n) is 13.8. The van der Waals surface area contributed by atoms with E-state index in [1.165, 1.54) is 10.0 Å². The Bertz CT molecular complexity index is 2510. The predicted molar refractivity (Wildman–Crippen MR) is 282 cm³/mol. The number of ether oxygens (including phenoxy) is 2. The Morgan fingerprint density at radius 3 is 1.24 bits per heavy atom. The number of rotatable bonds is 17. The molecule has 17 heteroatoms. The van der Waals surface area contributed by atoms with Crippen LogP contribution < -0.4 is 16.4 Å². The Balaban J connectivity index is 0.000000216. The molecular formula is C57H71N9O8. The molecule has 4 atom stereocenters. The van der Waals surface area contributed by atoms with E-state index in [4.69, 9.17) is 15.2 Å². The van der Waals surface area contributed by atoms with Crippen molar-refractivity contribution in [2.75, 3.05) is 53.5 Å². The highest BCUT2D eigenvalue weighted by Gasteiger charge is 2.55. The second-order valence-corrected chi connectivity index (χ2v) is 21.3. The minimum Gasteiger partial charge on any atom is -0.374 e. The van der Waals surface area contributed by atoms with E-state index in [0.717, 1.165) is 33.7 Å². The minimum atomic E-state index is -1.17. The molecule has 0 spiro atoms. The average molecular weight is 1010 g/mol. The molecule has 392 valence electrons. The summed E-state index contributed by atoms with van der Waals surface area (Å²) < 4.78 is 11.7. The molecule has 0 aliphatic carbocycles. The molecule has 0 unspecified atom stereocenters. The van der Waals surface area contributed by atoms with E-state index in [-0.39, 0.29) is 55.8 Å². The Kier molecular flexibility index (Phi) is 17.3. The molecule has 17 nitrogen and oxygen atoms in total. The maximum Gasteiger partial charge on any atom is 0.256 e. The van der Waals surface area contributed by atoms with Crippen LogP contribution in [0, 0.1) is 16.2 Å². The van der Waals surface area contributed by atoms with E-state index in [9.17, 15) is 28.8 Å². The minimum absolute atomic E-state index is 0.0213. The zero-order chi connectivity index (χ0) is 53.3. The fourth-order valence-corrected chi connectivity index (χ4v) is 9.68. The molecule has 4 N–H and O–H groups in total. The molecule has 0 radical (unpaired) electrons. The van der Waals surface area contributed by atoms with Crippen molar-refractivity contribution in [3.63, 3.8) is 0 Å². The summed E-state index contributed by atoms with van der Waals surface area (Å²) in [5.74, 6) is -1.49. The highest BCUT2D eigenvalue weighted by molar-refractivity contribution is 6.14. The second kappa shape index (κ2) is 23.4. The van der Waals surface area contributed by atoms with E-state index in [1.54, 1.807) is 58.5 Å². The summed E-state index contributed by atoms with van der Waals surface area (Å²) >= 11 is 0. The van der Waals surface area contributed by atoms with Gasteiger partial charge in [0.15, 0.2) is 0 Å². The van der Waals surface area contributed by atoms with Gasteiger partial charge in [0.2, 0.25) is 23.6 Å². The van der Waals surface area contributed by atoms with Crippen LogP contribution in [0.2, 0.25) is 0 Å². The van der Waals surface area contributed by atoms with Gasteiger partial charge in [-0.2, -0.15) is 10.2 Å². The molecule has 74 heavy (non-hydrogen) atoms. The lowest BCUT2D eigenvalue weighted by atomic mass is 9.73. The average Bonchev–Trinajstić information content (AvgIpc) is 3.77. The number of likely N-dealkylation sites (tertiary alicyclic amines) is 2. The maximum atomic E-state index is 13.8. The topological polar surface area (TPSA) is 209 Å². The lowest BCUT2D eigenvalue weighted by Gasteiger charge is -2.40. The lowest BCUT2D eigenvalue weighted by molar-refractivity contribution is -0.144. The lowest BCUT2D eigenvalue weighted by Crippen LogP contribution is -2.61. The monoisotopic (exact) mass is 1010 g/mol. The first-order valence-corrected chi connectivity index (χ1v) is 25.2. The van der Waals surface area contributed by atoms with Crippen molar-refractivity contribution >= 4 is 46.9 Å². The van der Waals surface area contributed by atoms with Gasteiger partial charge in [-0.3, -0.25) is 28.8 Å². The number of amides is 6. The number of nitrogens with one attached hydrogen (secondary N) is 2. The van der Waals surface area contributed by atoms with Gasteiger partial charge in [0.05, 0.1) is 43.4 Å². The Morgan fingerprint density at radius 2 is 0.905 bits per heavy atom. The van der Waals surface area contributed by atoms with Crippen molar-refractivity contribution in [3.05, 3.63) is 144 Å². The van der Waals surface area contributed by atoms with Crippen molar-refractivity contribution in [3.8, 4) is 0 Å². The molecular weight excluding hydrogens is 939 g/mol.